The fourth-order valence-corrected chi connectivity index (χ4v) is 6.61. The van der Waals surface area contributed by atoms with Crippen molar-refractivity contribution in [3.8, 4) is 11.5 Å². The van der Waals surface area contributed by atoms with Crippen molar-refractivity contribution in [3.05, 3.63) is 29.8 Å². The van der Waals surface area contributed by atoms with Gasteiger partial charge in [0.15, 0.2) is 5.11 Å². The lowest BCUT2D eigenvalue weighted by Gasteiger charge is -2.55. The second-order valence-corrected chi connectivity index (χ2v) is 9.58. The minimum absolute atomic E-state index is 0.439. The van der Waals surface area contributed by atoms with E-state index in [2.05, 4.69) is 21.2 Å². The number of hydrogen-bond acceptors (Lipinski definition) is 4. The third-order valence-electron chi connectivity index (χ3n) is 7.57. The van der Waals surface area contributed by atoms with Gasteiger partial charge in [0, 0.05) is 25.2 Å². The zero-order chi connectivity index (χ0) is 20.7. The molecule has 1 aromatic rings. The number of hydrogen-bond donors (Lipinski definition) is 1. The van der Waals surface area contributed by atoms with Crippen molar-refractivity contribution >= 4 is 23.0 Å². The average molecular weight is 428 g/mol. The Balaban J connectivity index is 1.39. The van der Waals surface area contributed by atoms with Crippen LogP contribution in [0.2, 0.25) is 0 Å². The summed E-state index contributed by atoms with van der Waals surface area (Å²) in [6, 6.07) is 7.02. The van der Waals surface area contributed by atoms with E-state index >= 15 is 0 Å². The van der Waals surface area contributed by atoms with Crippen LogP contribution in [0.4, 0.5) is 5.69 Å². The van der Waals surface area contributed by atoms with Gasteiger partial charge in [-0.15, -0.1) is 0 Å². The van der Waals surface area contributed by atoms with Crippen molar-refractivity contribution in [1.29, 1.82) is 0 Å². The molecule has 1 aromatic carbocycles. The molecule has 162 valence electrons. The van der Waals surface area contributed by atoms with Gasteiger partial charge in [0.2, 0.25) is 0 Å². The lowest BCUT2D eigenvalue weighted by atomic mass is 9.68. The van der Waals surface area contributed by atoms with Crippen molar-refractivity contribution in [2.24, 2.45) is 11.8 Å². The minimum Gasteiger partial charge on any atom is -0.497 e. The fourth-order valence-electron chi connectivity index (χ4n) is 6.30. The fraction of sp³-hybridized carbons (Fsp3) is 0.625. The molecule has 0 amide bonds. The van der Waals surface area contributed by atoms with Gasteiger partial charge >= 0.3 is 0 Å². The molecular weight excluding hydrogens is 394 g/mol. The summed E-state index contributed by atoms with van der Waals surface area (Å²) >= 11 is 5.95. The van der Waals surface area contributed by atoms with Crippen molar-refractivity contribution < 1.29 is 9.47 Å². The highest BCUT2D eigenvalue weighted by Crippen LogP contribution is 2.45. The number of piperidine rings is 3. The van der Waals surface area contributed by atoms with Gasteiger partial charge < -0.3 is 19.7 Å². The summed E-state index contributed by atoms with van der Waals surface area (Å²) in [5, 5.41) is 4.28. The molecule has 0 unspecified atom stereocenters. The third kappa shape index (κ3) is 3.58. The first kappa shape index (κ1) is 20.1. The van der Waals surface area contributed by atoms with E-state index in [1.54, 1.807) is 19.8 Å². The number of rotatable bonds is 3. The van der Waals surface area contributed by atoms with Crippen molar-refractivity contribution in [3.63, 3.8) is 0 Å². The summed E-state index contributed by atoms with van der Waals surface area (Å²) in [4.78, 5) is 5.23. The average Bonchev–Trinajstić information content (AvgIpc) is 2.78. The highest BCUT2D eigenvalue weighted by Gasteiger charge is 2.46. The topological polar surface area (TPSA) is 37.0 Å². The first-order chi connectivity index (χ1) is 14.7. The number of anilines is 1. The summed E-state index contributed by atoms with van der Waals surface area (Å²) < 4.78 is 11.0. The highest BCUT2D eigenvalue weighted by molar-refractivity contribution is 7.80. The maximum atomic E-state index is 5.95. The first-order valence-corrected chi connectivity index (χ1v) is 11.8. The van der Waals surface area contributed by atoms with E-state index in [-0.39, 0.29) is 0 Å². The third-order valence-corrected chi connectivity index (χ3v) is 7.90. The molecule has 4 atom stereocenters. The number of methoxy groups -OCH3 is 2. The maximum Gasteiger partial charge on any atom is 0.174 e. The number of ether oxygens (including phenoxy) is 2. The number of thiocarbonyl (C=S) groups is 1. The van der Waals surface area contributed by atoms with Crippen LogP contribution in [0.25, 0.3) is 0 Å². The molecule has 0 saturated carbocycles. The van der Waals surface area contributed by atoms with Gasteiger partial charge in [-0.2, -0.15) is 0 Å². The van der Waals surface area contributed by atoms with E-state index in [0.717, 1.165) is 40.8 Å². The van der Waals surface area contributed by atoms with E-state index < -0.39 is 0 Å². The molecule has 3 heterocycles. The normalized spacial score (nSPS) is 30.6. The standard InChI is InChI=1S/C24H33N3O2S/c1-28-19-8-9-22(29-2)20(14-19)25-24(30)27-11-5-6-16-12-17-13-18(23(16)27)15-26-10-4-3-7-21(17)26/h8-9,12,14,17-18,21,23H,3-7,10-11,13,15H2,1-2H3,(H,25,30)/t17-,18+,21-,23-/m1/s1. The van der Waals surface area contributed by atoms with Crippen molar-refractivity contribution in [2.45, 2.75) is 50.6 Å². The summed E-state index contributed by atoms with van der Waals surface area (Å²) in [5.41, 5.74) is 2.50. The van der Waals surface area contributed by atoms with Crippen LogP contribution < -0.4 is 14.8 Å². The number of fused-ring (bicyclic) bond motifs is 6. The SMILES string of the molecule is COc1ccc(OC)c(NC(=S)N2CCCC3=C[C@@H]4C[C@@H](CN5CCCC[C@H]45)[C@@H]32)c1. The molecule has 1 aliphatic carbocycles. The van der Waals surface area contributed by atoms with E-state index in [9.17, 15) is 0 Å². The molecule has 5 rings (SSSR count). The molecule has 0 spiro atoms. The van der Waals surface area contributed by atoms with Gasteiger partial charge in [-0.1, -0.05) is 18.1 Å². The Morgan fingerprint density at radius 2 is 2.03 bits per heavy atom. The second-order valence-electron chi connectivity index (χ2n) is 9.20. The van der Waals surface area contributed by atoms with Crippen LogP contribution in [0.3, 0.4) is 0 Å². The molecule has 30 heavy (non-hydrogen) atoms. The number of likely N-dealkylation sites (tertiary alicyclic amines) is 1. The Hall–Kier alpha value is -1.79. The summed E-state index contributed by atoms with van der Waals surface area (Å²) in [7, 11) is 3.37. The smallest absolute Gasteiger partial charge is 0.174 e. The molecule has 4 aliphatic rings. The molecular formula is C24H33N3O2S. The lowest BCUT2D eigenvalue weighted by molar-refractivity contribution is 0.0132. The lowest BCUT2D eigenvalue weighted by Crippen LogP contribution is -2.60. The molecule has 0 aromatic heterocycles. The Morgan fingerprint density at radius 3 is 2.87 bits per heavy atom. The van der Waals surface area contributed by atoms with Crippen LogP contribution >= 0.6 is 12.2 Å². The molecule has 0 radical (unpaired) electrons. The molecule has 6 heteroatoms. The highest BCUT2D eigenvalue weighted by atomic mass is 32.1. The Kier molecular flexibility index (Phi) is 5.63. The van der Waals surface area contributed by atoms with Crippen LogP contribution in [0.15, 0.2) is 29.8 Å². The number of nitrogens with zero attached hydrogens (tertiary/aromatic N) is 2. The van der Waals surface area contributed by atoms with E-state index in [4.69, 9.17) is 21.7 Å². The summed E-state index contributed by atoms with van der Waals surface area (Å²) in [5.74, 6) is 3.00. The summed E-state index contributed by atoms with van der Waals surface area (Å²) in [6.07, 6.45) is 10.5. The second kappa shape index (κ2) is 8.39. The minimum atomic E-state index is 0.439. The quantitative estimate of drug-likeness (QED) is 0.573. The first-order valence-electron chi connectivity index (χ1n) is 11.4. The van der Waals surface area contributed by atoms with Crippen LogP contribution in [0.1, 0.15) is 38.5 Å². The Bertz CT molecular complexity index is 842. The van der Waals surface area contributed by atoms with Gasteiger partial charge in [0.05, 0.1) is 25.9 Å². The number of benzene rings is 1. The molecule has 3 saturated heterocycles. The molecule has 3 aliphatic heterocycles. The Morgan fingerprint density at radius 1 is 1.13 bits per heavy atom. The van der Waals surface area contributed by atoms with E-state index in [0.29, 0.717) is 12.0 Å². The van der Waals surface area contributed by atoms with Crippen LogP contribution in [-0.2, 0) is 0 Å². The maximum absolute atomic E-state index is 5.95. The van der Waals surface area contributed by atoms with Gasteiger partial charge in [0.1, 0.15) is 11.5 Å². The predicted octanol–water partition coefficient (Wildman–Crippen LogP) is 4.30. The molecule has 5 nitrogen and oxygen atoms in total. The van der Waals surface area contributed by atoms with Gasteiger partial charge in [-0.3, -0.25) is 4.90 Å². The molecule has 1 N–H and O–H groups in total. The molecule has 2 bridgehead atoms. The Labute approximate surface area is 185 Å². The zero-order valence-corrected chi connectivity index (χ0v) is 18.9. The predicted molar refractivity (Wildman–Crippen MR) is 124 cm³/mol. The van der Waals surface area contributed by atoms with Crippen LogP contribution in [-0.4, -0.2) is 60.8 Å². The van der Waals surface area contributed by atoms with Crippen molar-refractivity contribution in [2.75, 3.05) is 39.2 Å². The zero-order valence-electron chi connectivity index (χ0n) is 18.1. The van der Waals surface area contributed by atoms with Crippen molar-refractivity contribution in [1.82, 2.24) is 9.80 Å². The summed E-state index contributed by atoms with van der Waals surface area (Å²) in [6.45, 7) is 3.52. The largest absolute Gasteiger partial charge is 0.497 e. The number of nitrogens with one attached hydrogen (secondary N) is 1. The molecule has 3 fully saturated rings. The van der Waals surface area contributed by atoms with Gasteiger partial charge in [0.25, 0.3) is 0 Å². The van der Waals surface area contributed by atoms with Gasteiger partial charge in [-0.25, -0.2) is 0 Å². The van der Waals surface area contributed by atoms with E-state index in [1.165, 1.54) is 51.6 Å². The monoisotopic (exact) mass is 427 g/mol. The van der Waals surface area contributed by atoms with Gasteiger partial charge in [-0.05, 0) is 74.8 Å². The van der Waals surface area contributed by atoms with Crippen LogP contribution in [0.5, 0.6) is 11.5 Å². The van der Waals surface area contributed by atoms with E-state index in [1.807, 2.05) is 18.2 Å². The van der Waals surface area contributed by atoms with Crippen LogP contribution in [0, 0.1) is 11.8 Å².